The average Bonchev–Trinajstić information content (AvgIpc) is 3.21. The van der Waals surface area contributed by atoms with E-state index in [0.29, 0.717) is 0 Å². The van der Waals surface area contributed by atoms with E-state index in [-0.39, 0.29) is 12.4 Å². The van der Waals surface area contributed by atoms with E-state index in [4.69, 9.17) is 16.0 Å². The molecule has 0 radical (unpaired) electrons. The minimum absolute atomic E-state index is 0. The molecule has 0 aliphatic heterocycles. The molecule has 4 nitrogen and oxygen atoms in total. The molecule has 0 bridgehead atoms. The van der Waals surface area contributed by atoms with Gasteiger partial charge in [-0.3, -0.25) is 0 Å². The van der Waals surface area contributed by atoms with Crippen molar-refractivity contribution in [1.29, 1.82) is 0 Å². The zero-order chi connectivity index (χ0) is 16.1. The van der Waals surface area contributed by atoms with Gasteiger partial charge in [-0.25, -0.2) is 4.98 Å². The van der Waals surface area contributed by atoms with Crippen LogP contribution >= 0.6 is 24.0 Å². The molecule has 1 aromatic carbocycles. The van der Waals surface area contributed by atoms with E-state index in [9.17, 15) is 0 Å². The number of imidazole rings is 1. The lowest BCUT2D eigenvalue weighted by Gasteiger charge is -2.05. The second-order valence-electron chi connectivity index (χ2n) is 5.51. The predicted molar refractivity (Wildman–Crippen MR) is 99.7 cm³/mol. The molecule has 0 aliphatic rings. The Balaban J connectivity index is 0.00000208. The van der Waals surface area contributed by atoms with Gasteiger partial charge in [0.05, 0.1) is 12.9 Å². The fraction of sp³-hybridized carbons (Fsp3) is 0.278. The summed E-state index contributed by atoms with van der Waals surface area (Å²) in [6.45, 7) is 4.64. The number of hydrogen-bond acceptors (Lipinski definition) is 3. The molecule has 2 heterocycles. The van der Waals surface area contributed by atoms with Gasteiger partial charge in [0.25, 0.3) is 0 Å². The predicted octanol–water partition coefficient (Wildman–Crippen LogP) is 4.71. The van der Waals surface area contributed by atoms with Gasteiger partial charge in [-0.1, -0.05) is 23.7 Å². The molecule has 0 fully saturated rings. The minimum atomic E-state index is 0. The maximum absolute atomic E-state index is 6.17. The van der Waals surface area contributed by atoms with Gasteiger partial charge in [0, 0.05) is 29.5 Å². The standard InChI is InChI=1S/C18H20ClN3O.ClH/c1-14-16(4-2-5-17(14)19)18-7-6-15(23-18)12-20-8-3-10-22-11-9-21-13-22;/h2,4-7,9,11,13,20H,3,8,10,12H2,1H3;1H. The summed E-state index contributed by atoms with van der Waals surface area (Å²) < 4.78 is 8.00. The SMILES string of the molecule is Cc1c(Cl)cccc1-c1ccc(CNCCCn2ccnc2)o1.Cl. The molecule has 0 saturated heterocycles. The zero-order valence-electron chi connectivity index (χ0n) is 13.5. The average molecular weight is 366 g/mol. The third-order valence-electron chi connectivity index (χ3n) is 3.82. The van der Waals surface area contributed by atoms with E-state index in [1.807, 2.05) is 49.8 Å². The number of benzene rings is 1. The monoisotopic (exact) mass is 365 g/mol. The first-order valence-corrected chi connectivity index (χ1v) is 8.12. The highest BCUT2D eigenvalue weighted by molar-refractivity contribution is 6.31. The Morgan fingerprint density at radius 2 is 2.12 bits per heavy atom. The Bertz CT molecular complexity index is 753. The lowest BCUT2D eigenvalue weighted by molar-refractivity contribution is 0.484. The summed E-state index contributed by atoms with van der Waals surface area (Å²) in [7, 11) is 0. The summed E-state index contributed by atoms with van der Waals surface area (Å²) in [5, 5.41) is 4.16. The highest BCUT2D eigenvalue weighted by Crippen LogP contribution is 2.29. The summed E-state index contributed by atoms with van der Waals surface area (Å²) >= 11 is 6.17. The summed E-state index contributed by atoms with van der Waals surface area (Å²) in [5.41, 5.74) is 2.09. The third-order valence-corrected chi connectivity index (χ3v) is 4.23. The van der Waals surface area contributed by atoms with Crippen LogP contribution in [0, 0.1) is 6.92 Å². The Kier molecular flexibility index (Phi) is 6.91. The van der Waals surface area contributed by atoms with Crippen molar-refractivity contribution in [1.82, 2.24) is 14.9 Å². The minimum Gasteiger partial charge on any atom is -0.460 e. The highest BCUT2D eigenvalue weighted by atomic mass is 35.5. The molecule has 2 aromatic heterocycles. The second-order valence-corrected chi connectivity index (χ2v) is 5.92. The first kappa shape index (κ1) is 18.6. The van der Waals surface area contributed by atoms with Crippen molar-refractivity contribution in [3.8, 4) is 11.3 Å². The van der Waals surface area contributed by atoms with E-state index in [2.05, 4.69) is 14.9 Å². The lowest BCUT2D eigenvalue weighted by atomic mass is 10.1. The molecule has 0 aliphatic carbocycles. The van der Waals surface area contributed by atoms with Gasteiger partial charge in [0.15, 0.2) is 0 Å². The topological polar surface area (TPSA) is 43.0 Å². The first-order chi connectivity index (χ1) is 11.2. The largest absolute Gasteiger partial charge is 0.460 e. The maximum Gasteiger partial charge on any atom is 0.134 e. The van der Waals surface area contributed by atoms with Gasteiger partial charge >= 0.3 is 0 Å². The normalized spacial score (nSPS) is 10.6. The smallest absolute Gasteiger partial charge is 0.134 e. The fourth-order valence-corrected chi connectivity index (χ4v) is 2.68. The maximum atomic E-state index is 6.17. The van der Waals surface area contributed by atoms with E-state index in [0.717, 1.165) is 53.7 Å². The first-order valence-electron chi connectivity index (χ1n) is 7.74. The van der Waals surface area contributed by atoms with E-state index < -0.39 is 0 Å². The molecule has 6 heteroatoms. The van der Waals surface area contributed by atoms with Gasteiger partial charge in [0.2, 0.25) is 0 Å². The molecule has 3 rings (SSSR count). The molecule has 3 aromatic rings. The van der Waals surface area contributed by atoms with E-state index in [1.54, 1.807) is 6.20 Å². The summed E-state index contributed by atoms with van der Waals surface area (Å²) in [5.74, 6) is 1.79. The Morgan fingerprint density at radius 1 is 1.25 bits per heavy atom. The van der Waals surface area contributed by atoms with Crippen LogP contribution in [0.4, 0.5) is 0 Å². The molecular weight excluding hydrogens is 345 g/mol. The van der Waals surface area contributed by atoms with Crippen LogP contribution in [0.3, 0.4) is 0 Å². The Labute approximate surface area is 153 Å². The number of hydrogen-bond donors (Lipinski definition) is 1. The number of aryl methyl sites for hydroxylation is 1. The van der Waals surface area contributed by atoms with Gasteiger partial charge in [-0.2, -0.15) is 0 Å². The highest BCUT2D eigenvalue weighted by Gasteiger charge is 2.09. The number of furan rings is 1. The number of nitrogens with one attached hydrogen (secondary N) is 1. The molecule has 0 saturated carbocycles. The summed E-state index contributed by atoms with van der Waals surface area (Å²) in [4.78, 5) is 4.03. The van der Waals surface area contributed by atoms with Crippen molar-refractivity contribution in [3.05, 3.63) is 65.4 Å². The van der Waals surface area contributed by atoms with Crippen molar-refractivity contribution in [2.24, 2.45) is 0 Å². The van der Waals surface area contributed by atoms with Crippen molar-refractivity contribution in [2.45, 2.75) is 26.4 Å². The van der Waals surface area contributed by atoms with Crippen molar-refractivity contribution in [2.75, 3.05) is 6.54 Å². The molecule has 0 unspecified atom stereocenters. The van der Waals surface area contributed by atoms with E-state index in [1.165, 1.54) is 0 Å². The number of rotatable bonds is 7. The molecule has 24 heavy (non-hydrogen) atoms. The molecular formula is C18H21Cl2N3O. The van der Waals surface area contributed by atoms with Gasteiger partial charge < -0.3 is 14.3 Å². The van der Waals surface area contributed by atoms with Crippen molar-refractivity contribution in [3.63, 3.8) is 0 Å². The van der Waals surface area contributed by atoms with Gasteiger partial charge in [0.1, 0.15) is 11.5 Å². The molecule has 1 N–H and O–H groups in total. The Hall–Kier alpha value is -1.75. The van der Waals surface area contributed by atoms with Crippen LogP contribution in [0.5, 0.6) is 0 Å². The van der Waals surface area contributed by atoms with Crippen LogP contribution in [0.1, 0.15) is 17.7 Å². The summed E-state index contributed by atoms with van der Waals surface area (Å²) in [6, 6.07) is 9.88. The fourth-order valence-electron chi connectivity index (χ4n) is 2.51. The zero-order valence-corrected chi connectivity index (χ0v) is 15.1. The number of halogens is 2. The van der Waals surface area contributed by atoms with E-state index >= 15 is 0 Å². The summed E-state index contributed by atoms with van der Waals surface area (Å²) in [6.07, 6.45) is 6.67. The Morgan fingerprint density at radius 3 is 2.92 bits per heavy atom. The van der Waals surface area contributed by atoms with Crippen LogP contribution in [0.25, 0.3) is 11.3 Å². The lowest BCUT2D eigenvalue weighted by Crippen LogP contribution is -2.15. The van der Waals surface area contributed by atoms with Crippen molar-refractivity contribution < 1.29 is 4.42 Å². The third kappa shape index (κ3) is 4.63. The van der Waals surface area contributed by atoms with Gasteiger partial charge in [-0.05, 0) is 43.7 Å². The van der Waals surface area contributed by atoms with Crippen LogP contribution in [0.2, 0.25) is 5.02 Å². The molecule has 0 atom stereocenters. The second kappa shape index (κ2) is 8.92. The molecule has 128 valence electrons. The van der Waals surface area contributed by atoms with Gasteiger partial charge in [-0.15, -0.1) is 12.4 Å². The number of nitrogens with zero attached hydrogens (tertiary/aromatic N) is 2. The quantitative estimate of drug-likeness (QED) is 0.616. The van der Waals surface area contributed by atoms with Crippen molar-refractivity contribution >= 4 is 24.0 Å². The van der Waals surface area contributed by atoms with Crippen LogP contribution in [-0.2, 0) is 13.1 Å². The molecule has 0 amide bonds. The van der Waals surface area contributed by atoms with Crippen LogP contribution in [0.15, 0.2) is 53.5 Å². The van der Waals surface area contributed by atoms with Crippen LogP contribution in [-0.4, -0.2) is 16.1 Å². The molecule has 0 spiro atoms. The number of aromatic nitrogens is 2. The van der Waals surface area contributed by atoms with Crippen LogP contribution < -0.4 is 5.32 Å².